The Kier molecular flexibility index (Phi) is 6.31. The van der Waals surface area contributed by atoms with E-state index < -0.39 is 0 Å². The molecule has 1 aromatic heterocycles. The van der Waals surface area contributed by atoms with Gasteiger partial charge in [-0.05, 0) is 37.8 Å². The molecule has 0 unspecified atom stereocenters. The minimum atomic E-state index is 0.697. The molecule has 2 aromatic carbocycles. The zero-order valence-corrected chi connectivity index (χ0v) is 17.4. The highest BCUT2D eigenvalue weighted by molar-refractivity contribution is 6.04. The molecule has 0 N–H and O–H groups in total. The van der Waals surface area contributed by atoms with Gasteiger partial charge in [0.2, 0.25) is 0 Å². The van der Waals surface area contributed by atoms with Gasteiger partial charge in [-0.25, -0.2) is 0 Å². The Bertz CT molecular complexity index is 1010. The Morgan fingerprint density at radius 3 is 2.21 bits per heavy atom. The number of pyridine rings is 1. The van der Waals surface area contributed by atoms with Gasteiger partial charge < -0.3 is 4.90 Å². The van der Waals surface area contributed by atoms with Gasteiger partial charge in [0.15, 0.2) is 0 Å². The van der Waals surface area contributed by atoms with Crippen LogP contribution in [0.2, 0.25) is 0 Å². The van der Waals surface area contributed by atoms with E-state index in [0.717, 1.165) is 54.7 Å². The number of anilines is 1. The van der Waals surface area contributed by atoms with Gasteiger partial charge in [-0.15, -0.1) is 0 Å². The summed E-state index contributed by atoms with van der Waals surface area (Å²) in [5.74, 6) is 0. The molecular weight excluding hydrogens is 342 g/mol. The van der Waals surface area contributed by atoms with E-state index in [2.05, 4.69) is 69.0 Å². The van der Waals surface area contributed by atoms with Crippen LogP contribution in [0.25, 0.3) is 22.0 Å². The largest absolute Gasteiger partial charge is 0.370 e. The van der Waals surface area contributed by atoms with Crippen molar-refractivity contribution in [1.29, 1.82) is 5.26 Å². The molecular formula is C25H29N3. The average Bonchev–Trinajstić information content (AvgIpc) is 2.72. The lowest BCUT2D eigenvalue weighted by atomic mass is 9.93. The predicted molar refractivity (Wildman–Crippen MR) is 119 cm³/mol. The van der Waals surface area contributed by atoms with Crippen LogP contribution in [0.15, 0.2) is 42.5 Å². The Labute approximate surface area is 168 Å². The summed E-state index contributed by atoms with van der Waals surface area (Å²) in [5, 5.41) is 12.1. The molecule has 1 heterocycles. The summed E-state index contributed by atoms with van der Waals surface area (Å²) in [4.78, 5) is 7.55. The highest BCUT2D eigenvalue weighted by Gasteiger charge is 2.20. The number of hydrogen-bond acceptors (Lipinski definition) is 3. The van der Waals surface area contributed by atoms with Gasteiger partial charge in [0, 0.05) is 29.4 Å². The second-order valence-electron chi connectivity index (χ2n) is 7.23. The van der Waals surface area contributed by atoms with Crippen LogP contribution in [0.5, 0.6) is 0 Å². The van der Waals surface area contributed by atoms with Crippen molar-refractivity contribution < 1.29 is 0 Å². The van der Waals surface area contributed by atoms with E-state index in [1.54, 1.807) is 0 Å². The standard InChI is InChI=1S/C25H29N3/c1-5-15-28(16-6-2)25-18(4)27-24(21-13-8-9-14-22(21)25)23-19(7-3)11-10-12-20(23)17-26/h8-14H,5-7,15-16H2,1-4H3. The third kappa shape index (κ3) is 3.60. The first-order valence-electron chi connectivity index (χ1n) is 10.3. The first-order valence-corrected chi connectivity index (χ1v) is 10.3. The fourth-order valence-electron chi connectivity index (χ4n) is 4.10. The van der Waals surface area contributed by atoms with E-state index in [1.165, 1.54) is 16.6 Å². The number of aryl methyl sites for hydroxylation is 2. The van der Waals surface area contributed by atoms with Crippen LogP contribution in [-0.4, -0.2) is 18.1 Å². The zero-order chi connectivity index (χ0) is 20.1. The molecule has 0 atom stereocenters. The van der Waals surface area contributed by atoms with Crippen LogP contribution in [-0.2, 0) is 6.42 Å². The normalized spacial score (nSPS) is 10.8. The Morgan fingerprint density at radius 2 is 1.61 bits per heavy atom. The number of aromatic nitrogens is 1. The van der Waals surface area contributed by atoms with Crippen LogP contribution in [0, 0.1) is 18.3 Å². The molecule has 0 spiro atoms. The van der Waals surface area contributed by atoms with Crippen LogP contribution < -0.4 is 4.90 Å². The highest BCUT2D eigenvalue weighted by atomic mass is 15.1. The fourth-order valence-corrected chi connectivity index (χ4v) is 4.10. The summed E-state index contributed by atoms with van der Waals surface area (Å²) in [6, 6.07) is 16.9. The predicted octanol–water partition coefficient (Wildman–Crippen LogP) is 6.27. The number of nitriles is 1. The topological polar surface area (TPSA) is 39.9 Å². The maximum absolute atomic E-state index is 9.74. The van der Waals surface area contributed by atoms with Crippen molar-refractivity contribution in [2.45, 2.75) is 47.0 Å². The molecule has 0 saturated carbocycles. The van der Waals surface area contributed by atoms with Gasteiger partial charge in [-0.1, -0.05) is 57.2 Å². The first-order chi connectivity index (χ1) is 13.7. The molecule has 28 heavy (non-hydrogen) atoms. The molecule has 0 amide bonds. The van der Waals surface area contributed by atoms with Gasteiger partial charge >= 0.3 is 0 Å². The van der Waals surface area contributed by atoms with Crippen LogP contribution in [0.3, 0.4) is 0 Å². The van der Waals surface area contributed by atoms with E-state index in [4.69, 9.17) is 4.98 Å². The van der Waals surface area contributed by atoms with E-state index >= 15 is 0 Å². The lowest BCUT2D eigenvalue weighted by Crippen LogP contribution is -2.26. The van der Waals surface area contributed by atoms with Crippen molar-refractivity contribution in [3.8, 4) is 17.3 Å². The molecule has 0 fully saturated rings. The maximum atomic E-state index is 9.74. The van der Waals surface area contributed by atoms with E-state index in [9.17, 15) is 5.26 Å². The lowest BCUT2D eigenvalue weighted by Gasteiger charge is -2.28. The second kappa shape index (κ2) is 8.89. The molecule has 0 aliphatic heterocycles. The Balaban J connectivity index is 2.35. The van der Waals surface area contributed by atoms with Crippen molar-refractivity contribution in [2.24, 2.45) is 0 Å². The molecule has 144 valence electrons. The van der Waals surface area contributed by atoms with Gasteiger partial charge in [0.05, 0.1) is 28.7 Å². The number of benzene rings is 2. The van der Waals surface area contributed by atoms with Crippen molar-refractivity contribution in [2.75, 3.05) is 18.0 Å². The molecule has 3 heteroatoms. The van der Waals surface area contributed by atoms with E-state index in [0.29, 0.717) is 5.56 Å². The van der Waals surface area contributed by atoms with Crippen molar-refractivity contribution in [3.63, 3.8) is 0 Å². The summed E-state index contributed by atoms with van der Waals surface area (Å²) < 4.78 is 0. The summed E-state index contributed by atoms with van der Waals surface area (Å²) in [6.45, 7) is 10.7. The van der Waals surface area contributed by atoms with E-state index in [1.807, 2.05) is 12.1 Å². The van der Waals surface area contributed by atoms with Gasteiger partial charge in [-0.3, -0.25) is 4.98 Å². The number of hydrogen-bond donors (Lipinski definition) is 0. The zero-order valence-electron chi connectivity index (χ0n) is 17.4. The first kappa shape index (κ1) is 19.9. The quantitative estimate of drug-likeness (QED) is 0.491. The molecule has 3 nitrogen and oxygen atoms in total. The van der Waals surface area contributed by atoms with Crippen LogP contribution >= 0.6 is 0 Å². The summed E-state index contributed by atoms with van der Waals surface area (Å²) >= 11 is 0. The molecule has 0 saturated heterocycles. The van der Waals surface area contributed by atoms with Crippen molar-refractivity contribution >= 4 is 16.5 Å². The Morgan fingerprint density at radius 1 is 0.929 bits per heavy atom. The summed E-state index contributed by atoms with van der Waals surface area (Å²) in [5.41, 5.74) is 6.04. The minimum absolute atomic E-state index is 0.697. The fraction of sp³-hybridized carbons (Fsp3) is 0.360. The minimum Gasteiger partial charge on any atom is -0.370 e. The summed E-state index contributed by atoms with van der Waals surface area (Å²) in [6.07, 6.45) is 3.08. The highest BCUT2D eigenvalue weighted by Crippen LogP contribution is 2.38. The smallest absolute Gasteiger partial charge is 0.0998 e. The van der Waals surface area contributed by atoms with Gasteiger partial charge in [0.25, 0.3) is 0 Å². The third-order valence-electron chi connectivity index (χ3n) is 5.25. The molecule has 0 aliphatic rings. The SMILES string of the molecule is CCCN(CCC)c1c(C)nc(-c2c(C#N)cccc2CC)c2ccccc12. The van der Waals surface area contributed by atoms with Crippen molar-refractivity contribution in [3.05, 3.63) is 59.3 Å². The van der Waals surface area contributed by atoms with E-state index in [-0.39, 0.29) is 0 Å². The Hall–Kier alpha value is -2.86. The van der Waals surface area contributed by atoms with Crippen LogP contribution in [0.1, 0.15) is 50.4 Å². The van der Waals surface area contributed by atoms with Gasteiger partial charge in [0.1, 0.15) is 0 Å². The molecule has 3 aromatic rings. The van der Waals surface area contributed by atoms with Crippen LogP contribution in [0.4, 0.5) is 5.69 Å². The lowest BCUT2D eigenvalue weighted by molar-refractivity contribution is 0.743. The number of fused-ring (bicyclic) bond motifs is 1. The maximum Gasteiger partial charge on any atom is 0.0998 e. The van der Waals surface area contributed by atoms with Crippen molar-refractivity contribution in [1.82, 2.24) is 4.98 Å². The number of nitrogens with zero attached hydrogens (tertiary/aromatic N) is 3. The average molecular weight is 372 g/mol. The second-order valence-corrected chi connectivity index (χ2v) is 7.23. The molecule has 0 radical (unpaired) electrons. The number of rotatable bonds is 7. The molecule has 0 aliphatic carbocycles. The summed E-state index contributed by atoms with van der Waals surface area (Å²) in [7, 11) is 0. The monoisotopic (exact) mass is 371 g/mol. The molecule has 3 rings (SSSR count). The third-order valence-corrected chi connectivity index (χ3v) is 5.25. The van der Waals surface area contributed by atoms with Gasteiger partial charge in [-0.2, -0.15) is 5.26 Å². The molecule has 0 bridgehead atoms.